The van der Waals surface area contributed by atoms with E-state index in [0.29, 0.717) is 12.8 Å². The van der Waals surface area contributed by atoms with E-state index < -0.39 is 57.6 Å². The van der Waals surface area contributed by atoms with Gasteiger partial charge >= 0.3 is 19.8 Å². The molecule has 0 fully saturated rings. The Hall–Kier alpha value is -2.04. The van der Waals surface area contributed by atoms with Crippen molar-refractivity contribution in [1.29, 1.82) is 0 Å². The third-order valence-corrected chi connectivity index (χ3v) is 10.7. The van der Waals surface area contributed by atoms with E-state index in [4.69, 9.17) is 13.8 Å². The van der Waals surface area contributed by atoms with Crippen LogP contribution in [-0.2, 0) is 32.7 Å². The molecule has 0 aliphatic carbocycles. The fourth-order valence-corrected chi connectivity index (χ4v) is 7.00. The molecule has 0 saturated heterocycles. The van der Waals surface area contributed by atoms with Gasteiger partial charge in [0.05, 0.1) is 13.2 Å². The summed E-state index contributed by atoms with van der Waals surface area (Å²) in [5.74, 6) is -2.38. The molecule has 4 N–H and O–H groups in total. The number of carboxylic acid groups (broad SMARTS) is 1. The number of nitrogens with one attached hydrogen (secondary N) is 1. The Kier molecular flexibility index (Phi) is 38.3. The number of allylic oxidation sites excluding steroid dienone is 4. The molecule has 3 atom stereocenters. The predicted molar refractivity (Wildman–Crippen MR) is 226 cm³/mol. The van der Waals surface area contributed by atoms with Gasteiger partial charge in [0, 0.05) is 12.8 Å². The number of esters is 1. The van der Waals surface area contributed by atoms with Gasteiger partial charge in [0.1, 0.15) is 12.7 Å². The average molecular weight is 816 g/mol. The number of aliphatic hydroxyl groups is 1. The van der Waals surface area contributed by atoms with E-state index >= 15 is 0 Å². The molecule has 0 bridgehead atoms. The molecular weight excluding hydrogens is 733 g/mol. The second-order valence-electron chi connectivity index (χ2n) is 15.2. The number of unbranched alkanes of at least 4 members (excludes halogenated alkanes) is 24. The van der Waals surface area contributed by atoms with E-state index in [2.05, 4.69) is 43.5 Å². The molecule has 0 heterocycles. The van der Waals surface area contributed by atoms with Crippen molar-refractivity contribution in [3.63, 3.8) is 0 Å². The monoisotopic (exact) mass is 816 g/mol. The number of ether oxygens (including phenoxy) is 1. The Morgan fingerprint density at radius 2 is 0.982 bits per heavy atom. The lowest BCUT2D eigenvalue weighted by atomic mass is 10.0. The third-order valence-electron chi connectivity index (χ3n) is 9.74. The minimum atomic E-state index is -4.76. The lowest BCUT2D eigenvalue weighted by Gasteiger charge is -2.18. The number of carbonyl (C=O) groups excluding carboxylic acids is 2. The van der Waals surface area contributed by atoms with Crippen LogP contribution in [-0.4, -0.2) is 64.9 Å². The van der Waals surface area contributed by atoms with E-state index in [0.717, 1.165) is 64.2 Å². The Morgan fingerprint density at radius 1 is 0.571 bits per heavy atom. The molecule has 0 aliphatic heterocycles. The zero-order chi connectivity index (χ0) is 41.4. The van der Waals surface area contributed by atoms with Gasteiger partial charge in [-0.2, -0.15) is 0 Å². The van der Waals surface area contributed by atoms with Crippen molar-refractivity contribution in [2.45, 2.75) is 219 Å². The lowest BCUT2D eigenvalue weighted by molar-refractivity contribution is -0.147. The summed E-state index contributed by atoms with van der Waals surface area (Å²) in [6.07, 6.45) is 40.5. The van der Waals surface area contributed by atoms with Gasteiger partial charge in [0.2, 0.25) is 5.91 Å². The Morgan fingerprint density at radius 3 is 1.46 bits per heavy atom. The Labute approximate surface area is 340 Å². The van der Waals surface area contributed by atoms with E-state index in [-0.39, 0.29) is 12.8 Å². The molecular formula is C44H82NO10P. The number of aliphatic hydroxyl groups excluding tert-OH is 1. The zero-order valence-corrected chi connectivity index (χ0v) is 36.3. The maximum absolute atomic E-state index is 12.3. The number of aliphatic carboxylic acids is 1. The van der Waals surface area contributed by atoms with Crippen molar-refractivity contribution in [3.05, 3.63) is 24.3 Å². The number of carboxylic acids is 1. The van der Waals surface area contributed by atoms with Gasteiger partial charge in [-0.05, 0) is 44.9 Å². The van der Waals surface area contributed by atoms with Crippen molar-refractivity contribution < 1.29 is 47.8 Å². The fourth-order valence-electron chi connectivity index (χ4n) is 6.23. The first-order chi connectivity index (χ1) is 27.1. The molecule has 3 unspecified atom stereocenters. The van der Waals surface area contributed by atoms with Gasteiger partial charge in [0.25, 0.3) is 0 Å². The van der Waals surface area contributed by atoms with Crippen molar-refractivity contribution in [1.82, 2.24) is 5.32 Å². The first-order valence-electron chi connectivity index (χ1n) is 22.4. The fraction of sp³-hybridized carbons (Fsp3) is 0.841. The first-order valence-corrected chi connectivity index (χ1v) is 23.9. The summed E-state index contributed by atoms with van der Waals surface area (Å²) in [4.78, 5) is 45.9. The second kappa shape index (κ2) is 39.8. The molecule has 0 rings (SSSR count). The maximum Gasteiger partial charge on any atom is 0.472 e. The summed E-state index contributed by atoms with van der Waals surface area (Å²) >= 11 is 0. The van der Waals surface area contributed by atoms with Gasteiger partial charge < -0.3 is 25.2 Å². The molecule has 0 aliphatic rings. The normalized spacial score (nSPS) is 13.9. The van der Waals surface area contributed by atoms with Crippen molar-refractivity contribution in [2.75, 3.05) is 19.8 Å². The Balaban J connectivity index is 3.90. The summed E-state index contributed by atoms with van der Waals surface area (Å²) in [5.41, 5.74) is 0. The largest absolute Gasteiger partial charge is 0.480 e. The highest BCUT2D eigenvalue weighted by molar-refractivity contribution is 7.47. The maximum atomic E-state index is 12.3. The van der Waals surface area contributed by atoms with Crippen LogP contribution in [0.25, 0.3) is 0 Å². The third kappa shape index (κ3) is 38.8. The molecule has 12 heteroatoms. The summed E-state index contributed by atoms with van der Waals surface area (Å²) in [6.45, 7) is 2.58. The molecule has 0 radical (unpaired) electrons. The number of rotatable bonds is 42. The van der Waals surface area contributed by atoms with Gasteiger partial charge in [-0.1, -0.05) is 173 Å². The molecule has 0 saturated carbocycles. The van der Waals surface area contributed by atoms with E-state index in [1.807, 2.05) is 0 Å². The van der Waals surface area contributed by atoms with Gasteiger partial charge in [-0.15, -0.1) is 0 Å². The highest BCUT2D eigenvalue weighted by Gasteiger charge is 2.28. The molecule has 328 valence electrons. The highest BCUT2D eigenvalue weighted by atomic mass is 31.2. The van der Waals surface area contributed by atoms with Gasteiger partial charge in [0.15, 0.2) is 6.04 Å². The second-order valence-corrected chi connectivity index (χ2v) is 16.7. The van der Waals surface area contributed by atoms with Crippen LogP contribution >= 0.6 is 7.82 Å². The predicted octanol–water partition coefficient (Wildman–Crippen LogP) is 11.4. The van der Waals surface area contributed by atoms with Crippen molar-refractivity contribution >= 4 is 25.7 Å². The molecule has 0 aromatic carbocycles. The number of phosphoric acid groups is 1. The summed E-state index contributed by atoms with van der Waals surface area (Å²) < 4.78 is 26.8. The summed E-state index contributed by atoms with van der Waals surface area (Å²) in [5, 5.41) is 21.8. The Bertz CT molecular complexity index is 1050. The smallest absolute Gasteiger partial charge is 0.472 e. The summed E-state index contributed by atoms with van der Waals surface area (Å²) in [6, 6.07) is -1.55. The van der Waals surface area contributed by atoms with E-state index in [9.17, 15) is 34.1 Å². The van der Waals surface area contributed by atoms with Crippen LogP contribution in [0.4, 0.5) is 0 Å². The topological polar surface area (TPSA) is 169 Å². The number of phosphoric ester groups is 1. The number of hydrogen-bond donors (Lipinski definition) is 4. The van der Waals surface area contributed by atoms with Crippen LogP contribution < -0.4 is 5.32 Å². The first kappa shape index (κ1) is 54.0. The van der Waals surface area contributed by atoms with Gasteiger partial charge in [-0.3, -0.25) is 18.6 Å². The quantitative estimate of drug-likeness (QED) is 0.0201. The van der Waals surface area contributed by atoms with Crippen LogP contribution in [0, 0.1) is 0 Å². The molecule has 11 nitrogen and oxygen atoms in total. The zero-order valence-electron chi connectivity index (χ0n) is 35.4. The number of amides is 1. The molecule has 1 amide bonds. The minimum absolute atomic E-state index is 0.131. The van der Waals surface area contributed by atoms with E-state index in [1.165, 1.54) is 103 Å². The highest BCUT2D eigenvalue weighted by Crippen LogP contribution is 2.43. The number of hydrogen-bond acceptors (Lipinski definition) is 8. The van der Waals surface area contributed by atoms with Gasteiger partial charge in [-0.25, -0.2) is 9.36 Å². The lowest BCUT2D eigenvalue weighted by Crippen LogP contribution is -2.43. The molecule has 0 spiro atoms. The summed E-state index contributed by atoms with van der Waals surface area (Å²) in [7, 11) is -4.76. The van der Waals surface area contributed by atoms with Crippen molar-refractivity contribution in [3.8, 4) is 0 Å². The molecule has 0 aromatic rings. The molecule has 56 heavy (non-hydrogen) atoms. The minimum Gasteiger partial charge on any atom is -0.480 e. The standard InChI is InChI=1S/C44H82NO10P/c1-3-5-7-9-11-13-15-17-19-21-23-25-27-29-31-33-35-42(47)45-41(44(49)50)39-55-56(51,52)54-38-40(46)37-53-43(48)36-34-32-30-28-26-24-22-20-18-16-14-12-10-8-6-4-2/h13,15,19,21,40-41,46H,3-12,14,16-18,20,22-39H2,1-2H3,(H,45,47)(H,49,50)(H,51,52)/b15-13-,21-19-. The average Bonchev–Trinajstić information content (AvgIpc) is 3.17. The number of carbonyl (C=O) groups is 3. The van der Waals surface area contributed by atoms with Crippen LogP contribution in [0.2, 0.25) is 0 Å². The van der Waals surface area contributed by atoms with Crippen molar-refractivity contribution in [2.24, 2.45) is 0 Å². The van der Waals surface area contributed by atoms with E-state index in [1.54, 1.807) is 0 Å². The van der Waals surface area contributed by atoms with Crippen LogP contribution in [0.3, 0.4) is 0 Å². The molecule has 0 aromatic heterocycles. The van der Waals surface area contributed by atoms with Crippen LogP contribution in [0.5, 0.6) is 0 Å². The van der Waals surface area contributed by atoms with Crippen LogP contribution in [0.1, 0.15) is 206 Å². The SMILES string of the molecule is CCCCCC/C=C\C/C=C\CCCCCCCC(=O)NC(COP(=O)(O)OCC(O)COC(=O)CCCCCCCCCCCCCCCCCC)C(=O)O. The van der Waals surface area contributed by atoms with Crippen LogP contribution in [0.15, 0.2) is 24.3 Å².